The first kappa shape index (κ1) is 13.5. The Labute approximate surface area is 108 Å². The number of aromatic nitrogens is 1. The number of halogens is 1. The van der Waals surface area contributed by atoms with Gasteiger partial charge in [-0.25, -0.2) is 0 Å². The fraction of sp³-hybridized carbons (Fsp3) is 0.455. The molecule has 3 nitrogen and oxygen atoms in total. The van der Waals surface area contributed by atoms with Crippen LogP contribution < -0.4 is 0 Å². The lowest BCUT2D eigenvalue weighted by Gasteiger charge is -2.08. The van der Waals surface area contributed by atoms with Crippen LogP contribution in [0.2, 0.25) is 0 Å². The van der Waals surface area contributed by atoms with E-state index in [1.807, 2.05) is 19.1 Å². The highest BCUT2D eigenvalue weighted by Gasteiger charge is 2.12. The third kappa shape index (κ3) is 4.53. The zero-order chi connectivity index (χ0) is 12.0. The molecule has 0 aliphatic heterocycles. The van der Waals surface area contributed by atoms with Crippen LogP contribution in [0.25, 0.3) is 0 Å². The summed E-state index contributed by atoms with van der Waals surface area (Å²) in [5.41, 5.74) is 1.02. The fourth-order valence-electron chi connectivity index (χ4n) is 1.10. The van der Waals surface area contributed by atoms with E-state index in [1.165, 1.54) is 7.11 Å². The van der Waals surface area contributed by atoms with Gasteiger partial charge >= 0.3 is 5.97 Å². The van der Waals surface area contributed by atoms with E-state index >= 15 is 0 Å². The lowest BCUT2D eigenvalue weighted by Crippen LogP contribution is -2.14. The number of esters is 1. The molecule has 0 bridgehead atoms. The molecule has 1 unspecified atom stereocenters. The third-order valence-electron chi connectivity index (χ3n) is 2.01. The van der Waals surface area contributed by atoms with Gasteiger partial charge in [-0.3, -0.25) is 9.78 Å². The van der Waals surface area contributed by atoms with Crippen LogP contribution in [0.4, 0.5) is 0 Å². The first-order chi connectivity index (χ1) is 7.63. The average molecular weight is 304 g/mol. The Kier molecular flexibility index (Phi) is 5.84. The summed E-state index contributed by atoms with van der Waals surface area (Å²) in [6.07, 6.45) is 1.78. The molecule has 16 heavy (non-hydrogen) atoms. The molecule has 88 valence electrons. The normalized spacial score (nSPS) is 12.2. The number of ether oxygens (including phenoxy) is 1. The summed E-state index contributed by atoms with van der Waals surface area (Å²) >= 11 is 5.02. The van der Waals surface area contributed by atoms with E-state index in [0.29, 0.717) is 0 Å². The number of rotatable bonds is 5. The van der Waals surface area contributed by atoms with Crippen molar-refractivity contribution in [2.45, 2.75) is 12.7 Å². The summed E-state index contributed by atoms with van der Waals surface area (Å²) < 4.78 is 5.63. The molecule has 0 saturated heterocycles. The van der Waals surface area contributed by atoms with Crippen LogP contribution in [0.3, 0.4) is 0 Å². The zero-order valence-corrected chi connectivity index (χ0v) is 11.7. The van der Waals surface area contributed by atoms with Gasteiger partial charge in [0.1, 0.15) is 0 Å². The molecule has 0 aromatic carbocycles. The van der Waals surface area contributed by atoms with Crippen LogP contribution in [-0.2, 0) is 15.3 Å². The molecule has 0 spiro atoms. The van der Waals surface area contributed by atoms with Crippen LogP contribution in [0.1, 0.15) is 12.6 Å². The van der Waals surface area contributed by atoms with Crippen molar-refractivity contribution in [3.05, 3.63) is 28.5 Å². The summed E-state index contributed by atoms with van der Waals surface area (Å²) in [6.45, 7) is 1.87. The Morgan fingerprint density at radius 1 is 1.62 bits per heavy atom. The molecule has 1 rings (SSSR count). The highest BCUT2D eigenvalue weighted by atomic mass is 79.9. The van der Waals surface area contributed by atoms with E-state index in [2.05, 4.69) is 25.7 Å². The van der Waals surface area contributed by atoms with Crippen molar-refractivity contribution in [1.29, 1.82) is 0 Å². The topological polar surface area (TPSA) is 39.2 Å². The molecular weight excluding hydrogens is 290 g/mol. The Hall–Kier alpha value is -0.550. The number of thioether (sulfide) groups is 1. The lowest BCUT2D eigenvalue weighted by atomic mass is 10.2. The van der Waals surface area contributed by atoms with Crippen LogP contribution in [0, 0.1) is 5.92 Å². The predicted molar refractivity (Wildman–Crippen MR) is 69.3 cm³/mol. The molecule has 0 aliphatic rings. The number of carbonyl (C=O) groups is 1. The van der Waals surface area contributed by atoms with Crippen molar-refractivity contribution in [2.24, 2.45) is 5.92 Å². The number of nitrogens with zero attached hydrogens (tertiary/aromatic N) is 1. The minimum absolute atomic E-state index is 0.0644. The molecule has 5 heteroatoms. The third-order valence-corrected chi connectivity index (χ3v) is 3.71. The molecule has 0 fully saturated rings. The van der Waals surface area contributed by atoms with E-state index in [0.717, 1.165) is 21.7 Å². The second kappa shape index (κ2) is 6.91. The maximum atomic E-state index is 11.1. The maximum absolute atomic E-state index is 11.1. The van der Waals surface area contributed by atoms with Crippen molar-refractivity contribution in [2.75, 3.05) is 12.9 Å². The van der Waals surface area contributed by atoms with Gasteiger partial charge in [-0.1, -0.05) is 6.92 Å². The van der Waals surface area contributed by atoms with Crippen molar-refractivity contribution in [3.8, 4) is 0 Å². The summed E-state index contributed by atoms with van der Waals surface area (Å²) in [5.74, 6) is 1.35. The van der Waals surface area contributed by atoms with Gasteiger partial charge in [0.2, 0.25) is 0 Å². The first-order valence-electron chi connectivity index (χ1n) is 4.89. The number of carbonyl (C=O) groups excluding carboxylic acids is 1. The van der Waals surface area contributed by atoms with Gasteiger partial charge in [-0.15, -0.1) is 0 Å². The smallest absolute Gasteiger partial charge is 0.309 e. The Morgan fingerprint density at radius 3 is 2.94 bits per heavy atom. The van der Waals surface area contributed by atoms with E-state index in [4.69, 9.17) is 0 Å². The van der Waals surface area contributed by atoms with Gasteiger partial charge in [-0.2, -0.15) is 11.8 Å². The molecule has 1 aromatic rings. The van der Waals surface area contributed by atoms with Crippen molar-refractivity contribution < 1.29 is 9.53 Å². The SMILES string of the molecule is COC(=O)C(C)CSCc1ccc(Br)cn1. The minimum atomic E-state index is -0.156. The van der Waals surface area contributed by atoms with E-state index < -0.39 is 0 Å². The van der Waals surface area contributed by atoms with Crippen LogP contribution in [-0.4, -0.2) is 23.8 Å². The van der Waals surface area contributed by atoms with Gasteiger partial charge in [0, 0.05) is 22.2 Å². The molecular formula is C11H14BrNO2S. The largest absolute Gasteiger partial charge is 0.469 e. The lowest BCUT2D eigenvalue weighted by molar-refractivity contribution is -0.143. The van der Waals surface area contributed by atoms with Gasteiger partial charge in [0.25, 0.3) is 0 Å². The molecule has 0 saturated carbocycles. The summed E-state index contributed by atoms with van der Waals surface area (Å²) in [7, 11) is 1.42. The monoisotopic (exact) mass is 303 g/mol. The standard InChI is InChI=1S/C11H14BrNO2S/c1-8(11(14)15-2)6-16-7-10-4-3-9(12)5-13-10/h3-5,8H,6-7H2,1-2H3. The quantitative estimate of drug-likeness (QED) is 0.784. The number of hydrogen-bond donors (Lipinski definition) is 0. The molecule has 0 aliphatic carbocycles. The predicted octanol–water partition coefficient (Wildman–Crippen LogP) is 2.89. The average Bonchev–Trinajstić information content (AvgIpc) is 2.30. The fourth-order valence-corrected chi connectivity index (χ4v) is 2.32. The van der Waals surface area contributed by atoms with Gasteiger partial charge in [0.15, 0.2) is 0 Å². The van der Waals surface area contributed by atoms with E-state index in [1.54, 1.807) is 18.0 Å². The Morgan fingerprint density at radius 2 is 2.38 bits per heavy atom. The molecule has 0 amide bonds. The Bertz CT molecular complexity index is 342. The molecule has 0 radical (unpaired) electrons. The minimum Gasteiger partial charge on any atom is -0.469 e. The van der Waals surface area contributed by atoms with Crippen LogP contribution >= 0.6 is 27.7 Å². The second-order valence-electron chi connectivity index (χ2n) is 3.41. The van der Waals surface area contributed by atoms with Gasteiger partial charge in [0.05, 0.1) is 18.7 Å². The summed E-state index contributed by atoms with van der Waals surface area (Å²) in [4.78, 5) is 15.4. The number of hydrogen-bond acceptors (Lipinski definition) is 4. The Balaban J connectivity index is 2.30. The first-order valence-corrected chi connectivity index (χ1v) is 6.84. The second-order valence-corrected chi connectivity index (χ2v) is 5.35. The van der Waals surface area contributed by atoms with E-state index in [9.17, 15) is 4.79 Å². The van der Waals surface area contributed by atoms with Crippen molar-refractivity contribution in [3.63, 3.8) is 0 Å². The summed E-state index contributed by atoms with van der Waals surface area (Å²) in [6, 6.07) is 3.94. The zero-order valence-electron chi connectivity index (χ0n) is 9.27. The van der Waals surface area contributed by atoms with Crippen molar-refractivity contribution in [1.82, 2.24) is 4.98 Å². The van der Waals surface area contributed by atoms with Crippen molar-refractivity contribution >= 4 is 33.7 Å². The molecule has 1 atom stereocenters. The van der Waals surface area contributed by atoms with Crippen LogP contribution in [0.5, 0.6) is 0 Å². The van der Waals surface area contributed by atoms with Gasteiger partial charge < -0.3 is 4.74 Å². The van der Waals surface area contributed by atoms with Gasteiger partial charge in [-0.05, 0) is 28.1 Å². The number of pyridine rings is 1. The maximum Gasteiger partial charge on any atom is 0.309 e. The summed E-state index contributed by atoms with van der Waals surface area (Å²) in [5, 5.41) is 0. The molecule has 1 heterocycles. The highest BCUT2D eigenvalue weighted by Crippen LogP contribution is 2.16. The number of methoxy groups -OCH3 is 1. The van der Waals surface area contributed by atoms with E-state index in [-0.39, 0.29) is 11.9 Å². The molecule has 0 N–H and O–H groups in total. The molecule has 1 aromatic heterocycles. The van der Waals surface area contributed by atoms with Crippen LogP contribution in [0.15, 0.2) is 22.8 Å². The highest BCUT2D eigenvalue weighted by molar-refractivity contribution is 9.10.